The minimum absolute atomic E-state index is 0.0159. The highest BCUT2D eigenvalue weighted by atomic mass is 16.5. The molecule has 1 fully saturated rings. The van der Waals surface area contributed by atoms with Gasteiger partial charge in [-0.05, 0) is 32.6 Å². The second kappa shape index (κ2) is 7.33. The minimum Gasteiger partial charge on any atom is -0.480 e. The van der Waals surface area contributed by atoms with Gasteiger partial charge in [0, 0.05) is 13.2 Å². The van der Waals surface area contributed by atoms with Gasteiger partial charge in [-0.15, -0.1) is 0 Å². The molecule has 1 rings (SSSR count). The number of hydrogen-bond donors (Lipinski definition) is 2. The molecule has 19 heavy (non-hydrogen) atoms. The predicted molar refractivity (Wildman–Crippen MR) is 71.1 cm³/mol. The summed E-state index contributed by atoms with van der Waals surface area (Å²) in [5.74, 6) is -0.995. The van der Waals surface area contributed by atoms with Gasteiger partial charge in [-0.3, -0.25) is 4.79 Å². The van der Waals surface area contributed by atoms with Crippen LogP contribution in [0.25, 0.3) is 0 Å². The highest BCUT2D eigenvalue weighted by molar-refractivity contribution is 5.80. The van der Waals surface area contributed by atoms with Crippen molar-refractivity contribution in [2.45, 2.75) is 57.7 Å². The van der Waals surface area contributed by atoms with Crippen LogP contribution < -0.4 is 5.32 Å². The fraction of sp³-hybridized carbons (Fsp3) is 0.846. The molecule has 0 aromatic carbocycles. The van der Waals surface area contributed by atoms with Gasteiger partial charge < -0.3 is 20.1 Å². The number of urea groups is 1. The van der Waals surface area contributed by atoms with Gasteiger partial charge >= 0.3 is 12.0 Å². The zero-order valence-electron chi connectivity index (χ0n) is 11.9. The van der Waals surface area contributed by atoms with Crippen molar-refractivity contribution in [1.82, 2.24) is 10.2 Å². The van der Waals surface area contributed by atoms with Crippen molar-refractivity contribution in [3.05, 3.63) is 0 Å². The van der Waals surface area contributed by atoms with Gasteiger partial charge in [0.15, 0.2) is 0 Å². The molecule has 1 aliphatic rings. The van der Waals surface area contributed by atoms with Crippen molar-refractivity contribution in [3.8, 4) is 0 Å². The van der Waals surface area contributed by atoms with Crippen LogP contribution >= 0.6 is 0 Å². The van der Waals surface area contributed by atoms with Crippen molar-refractivity contribution in [3.63, 3.8) is 0 Å². The molecule has 0 saturated heterocycles. The lowest BCUT2D eigenvalue weighted by Gasteiger charge is -2.30. The normalized spacial score (nSPS) is 23.9. The SMILES string of the molecule is CCC(C)N(CC(=O)O)C(=O)NC1CCCC1OC. The number of nitrogens with zero attached hydrogens (tertiary/aromatic N) is 1. The van der Waals surface area contributed by atoms with E-state index in [4.69, 9.17) is 9.84 Å². The minimum atomic E-state index is -0.995. The third-order valence-electron chi connectivity index (χ3n) is 3.75. The summed E-state index contributed by atoms with van der Waals surface area (Å²) in [6, 6.07) is -0.429. The second-order valence-electron chi connectivity index (χ2n) is 5.04. The first kappa shape index (κ1) is 15.8. The van der Waals surface area contributed by atoms with Gasteiger partial charge in [-0.2, -0.15) is 0 Å². The molecule has 6 nitrogen and oxygen atoms in total. The molecule has 3 atom stereocenters. The number of ether oxygens (including phenoxy) is 1. The number of methoxy groups -OCH3 is 1. The van der Waals surface area contributed by atoms with E-state index in [-0.39, 0.29) is 30.8 Å². The number of carbonyl (C=O) groups is 2. The van der Waals surface area contributed by atoms with Crippen LogP contribution in [-0.4, -0.2) is 53.8 Å². The molecule has 0 heterocycles. The molecule has 0 bridgehead atoms. The number of carboxylic acid groups (broad SMARTS) is 1. The number of carbonyl (C=O) groups excluding carboxylic acids is 1. The van der Waals surface area contributed by atoms with Crippen molar-refractivity contribution in [1.29, 1.82) is 0 Å². The van der Waals surface area contributed by atoms with E-state index >= 15 is 0 Å². The zero-order valence-corrected chi connectivity index (χ0v) is 11.9. The average molecular weight is 272 g/mol. The van der Waals surface area contributed by atoms with Gasteiger partial charge in [0.2, 0.25) is 0 Å². The molecule has 2 N–H and O–H groups in total. The number of amides is 2. The molecule has 1 aliphatic carbocycles. The molecular formula is C13H24N2O4. The summed E-state index contributed by atoms with van der Waals surface area (Å²) in [6.07, 6.45) is 3.59. The maximum absolute atomic E-state index is 12.2. The van der Waals surface area contributed by atoms with E-state index in [1.165, 1.54) is 4.90 Å². The molecule has 0 spiro atoms. The summed E-state index contributed by atoms with van der Waals surface area (Å²) in [7, 11) is 1.64. The summed E-state index contributed by atoms with van der Waals surface area (Å²) < 4.78 is 5.32. The lowest BCUT2D eigenvalue weighted by atomic mass is 10.2. The third kappa shape index (κ3) is 4.38. The Morgan fingerprint density at radius 2 is 2.16 bits per heavy atom. The lowest BCUT2D eigenvalue weighted by Crippen LogP contribution is -2.52. The van der Waals surface area contributed by atoms with Crippen LogP contribution in [0.15, 0.2) is 0 Å². The topological polar surface area (TPSA) is 78.9 Å². The molecule has 0 aliphatic heterocycles. The van der Waals surface area contributed by atoms with E-state index in [9.17, 15) is 9.59 Å². The zero-order chi connectivity index (χ0) is 14.4. The lowest BCUT2D eigenvalue weighted by molar-refractivity contribution is -0.138. The fourth-order valence-electron chi connectivity index (χ4n) is 2.41. The molecule has 2 amide bonds. The van der Waals surface area contributed by atoms with E-state index in [2.05, 4.69) is 5.32 Å². The first-order chi connectivity index (χ1) is 8.99. The smallest absolute Gasteiger partial charge is 0.323 e. The van der Waals surface area contributed by atoms with E-state index < -0.39 is 5.97 Å². The maximum atomic E-state index is 12.2. The fourth-order valence-corrected chi connectivity index (χ4v) is 2.41. The molecular weight excluding hydrogens is 248 g/mol. The number of nitrogens with one attached hydrogen (secondary N) is 1. The maximum Gasteiger partial charge on any atom is 0.323 e. The molecule has 0 aromatic heterocycles. The van der Waals surface area contributed by atoms with E-state index in [0.717, 1.165) is 25.7 Å². The standard InChI is InChI=1S/C13H24N2O4/c1-4-9(2)15(8-12(16)17)13(18)14-10-6-5-7-11(10)19-3/h9-11H,4-8H2,1-3H3,(H,14,18)(H,16,17). The van der Waals surface area contributed by atoms with E-state index in [1.54, 1.807) is 7.11 Å². The van der Waals surface area contributed by atoms with Crippen molar-refractivity contribution < 1.29 is 19.4 Å². The summed E-state index contributed by atoms with van der Waals surface area (Å²) in [4.78, 5) is 24.4. The molecule has 0 radical (unpaired) electrons. The number of rotatable bonds is 6. The van der Waals surface area contributed by atoms with Crippen LogP contribution in [0, 0.1) is 0 Å². The van der Waals surface area contributed by atoms with Crippen LogP contribution in [-0.2, 0) is 9.53 Å². The first-order valence-corrected chi connectivity index (χ1v) is 6.81. The Labute approximate surface area is 114 Å². The molecule has 0 aromatic rings. The Kier molecular flexibility index (Phi) is 6.08. The van der Waals surface area contributed by atoms with Crippen molar-refractivity contribution in [2.24, 2.45) is 0 Å². The third-order valence-corrected chi connectivity index (χ3v) is 3.75. The van der Waals surface area contributed by atoms with Gasteiger partial charge in [-0.25, -0.2) is 4.79 Å². The number of aliphatic carboxylic acids is 1. The van der Waals surface area contributed by atoms with E-state index in [1.807, 2.05) is 13.8 Å². The second-order valence-corrected chi connectivity index (χ2v) is 5.04. The van der Waals surface area contributed by atoms with Crippen LogP contribution in [0.4, 0.5) is 4.79 Å². The van der Waals surface area contributed by atoms with Crippen LogP contribution in [0.2, 0.25) is 0 Å². The summed E-state index contributed by atoms with van der Waals surface area (Å²) in [5, 5.41) is 11.8. The Morgan fingerprint density at radius 1 is 1.47 bits per heavy atom. The van der Waals surface area contributed by atoms with Crippen LogP contribution in [0.5, 0.6) is 0 Å². The van der Waals surface area contributed by atoms with Gasteiger partial charge in [0.1, 0.15) is 6.54 Å². The quantitative estimate of drug-likeness (QED) is 0.767. The van der Waals surface area contributed by atoms with Gasteiger partial charge in [0.05, 0.1) is 12.1 Å². The Balaban J connectivity index is 2.63. The van der Waals surface area contributed by atoms with Crippen molar-refractivity contribution in [2.75, 3.05) is 13.7 Å². The van der Waals surface area contributed by atoms with Crippen LogP contribution in [0.1, 0.15) is 39.5 Å². The number of hydrogen-bond acceptors (Lipinski definition) is 3. The monoisotopic (exact) mass is 272 g/mol. The summed E-state index contributed by atoms with van der Waals surface area (Å²) in [6.45, 7) is 3.51. The Bertz CT molecular complexity index is 322. The van der Waals surface area contributed by atoms with Gasteiger partial charge in [0.25, 0.3) is 0 Å². The Hall–Kier alpha value is -1.30. The predicted octanol–water partition coefficient (Wildman–Crippen LogP) is 1.45. The highest BCUT2D eigenvalue weighted by Crippen LogP contribution is 2.21. The van der Waals surface area contributed by atoms with Gasteiger partial charge in [-0.1, -0.05) is 6.92 Å². The average Bonchev–Trinajstić information content (AvgIpc) is 2.81. The summed E-state index contributed by atoms with van der Waals surface area (Å²) >= 11 is 0. The molecule has 1 saturated carbocycles. The molecule has 110 valence electrons. The Morgan fingerprint density at radius 3 is 2.68 bits per heavy atom. The van der Waals surface area contributed by atoms with Crippen molar-refractivity contribution >= 4 is 12.0 Å². The largest absolute Gasteiger partial charge is 0.480 e. The highest BCUT2D eigenvalue weighted by Gasteiger charge is 2.31. The summed E-state index contributed by atoms with van der Waals surface area (Å²) in [5.41, 5.74) is 0. The molecule has 6 heteroatoms. The van der Waals surface area contributed by atoms with E-state index in [0.29, 0.717) is 0 Å². The first-order valence-electron chi connectivity index (χ1n) is 6.81. The van der Waals surface area contributed by atoms with Crippen LogP contribution in [0.3, 0.4) is 0 Å². The number of carboxylic acids is 1. The molecule has 3 unspecified atom stereocenters.